The van der Waals surface area contributed by atoms with Crippen molar-refractivity contribution in [2.45, 2.75) is 12.6 Å². The molecule has 1 aromatic heterocycles. The van der Waals surface area contributed by atoms with Crippen molar-refractivity contribution in [1.29, 1.82) is 0 Å². The van der Waals surface area contributed by atoms with Crippen LogP contribution in [0.4, 0.5) is 19.0 Å². The van der Waals surface area contributed by atoms with Gasteiger partial charge in [0.15, 0.2) is 0 Å². The summed E-state index contributed by atoms with van der Waals surface area (Å²) in [5.74, 6) is -0.279. The van der Waals surface area contributed by atoms with Crippen LogP contribution in [-0.2, 0) is 14.1 Å². The first kappa shape index (κ1) is 13.3. The van der Waals surface area contributed by atoms with Crippen LogP contribution in [0.3, 0.4) is 0 Å². The van der Waals surface area contributed by atoms with Crippen molar-refractivity contribution in [3.8, 4) is 0 Å². The van der Waals surface area contributed by atoms with Crippen LogP contribution in [0.15, 0.2) is 9.59 Å². The topological polar surface area (TPSA) is 68.9 Å². The number of aryl methyl sites for hydroxylation is 1. The van der Waals surface area contributed by atoms with E-state index < -0.39 is 30.4 Å². The summed E-state index contributed by atoms with van der Waals surface area (Å²) in [6, 6.07) is 0. The van der Waals surface area contributed by atoms with Crippen molar-refractivity contribution in [2.75, 3.05) is 11.9 Å². The van der Waals surface area contributed by atoms with Gasteiger partial charge in [0.25, 0.3) is 5.56 Å². The second kappa shape index (κ2) is 4.60. The SMILES string of the molecule is Cn1nc(NCCC(F)(F)F)c(=O)n(C)c1=O. The number of halogens is 3. The van der Waals surface area contributed by atoms with Crippen LogP contribution in [0.1, 0.15) is 6.42 Å². The predicted octanol–water partition coefficient (Wildman–Crippen LogP) is -0.157. The normalized spacial score (nSPS) is 11.6. The molecule has 0 aromatic carbocycles. The molecule has 17 heavy (non-hydrogen) atoms. The quantitative estimate of drug-likeness (QED) is 0.811. The summed E-state index contributed by atoms with van der Waals surface area (Å²) in [6.45, 7) is -0.468. The fourth-order valence-electron chi connectivity index (χ4n) is 1.13. The smallest absolute Gasteiger partial charge is 0.364 e. The van der Waals surface area contributed by atoms with E-state index >= 15 is 0 Å². The molecule has 0 aliphatic carbocycles. The third-order valence-corrected chi connectivity index (χ3v) is 2.02. The van der Waals surface area contributed by atoms with Crippen molar-refractivity contribution in [2.24, 2.45) is 14.1 Å². The maximum atomic E-state index is 11.9. The lowest BCUT2D eigenvalue weighted by molar-refractivity contribution is -0.131. The van der Waals surface area contributed by atoms with Gasteiger partial charge in [0, 0.05) is 20.6 Å². The van der Waals surface area contributed by atoms with Crippen molar-refractivity contribution in [3.05, 3.63) is 20.8 Å². The molecular weight excluding hydrogens is 241 g/mol. The molecule has 0 unspecified atom stereocenters. The van der Waals surface area contributed by atoms with E-state index in [4.69, 9.17) is 0 Å². The molecular formula is C8H11F3N4O2. The van der Waals surface area contributed by atoms with Crippen LogP contribution in [0.2, 0.25) is 0 Å². The van der Waals surface area contributed by atoms with Crippen LogP contribution in [-0.4, -0.2) is 27.1 Å². The Kier molecular flexibility index (Phi) is 3.59. The van der Waals surface area contributed by atoms with E-state index in [1.165, 1.54) is 14.1 Å². The Bertz CT molecular complexity index is 517. The molecule has 0 bridgehead atoms. The van der Waals surface area contributed by atoms with E-state index in [0.717, 1.165) is 9.25 Å². The Labute approximate surface area is 93.7 Å². The first-order chi connectivity index (χ1) is 7.72. The third kappa shape index (κ3) is 3.33. The van der Waals surface area contributed by atoms with Crippen molar-refractivity contribution in [3.63, 3.8) is 0 Å². The molecule has 6 nitrogen and oxygen atoms in total. The second-order valence-corrected chi connectivity index (χ2v) is 3.41. The average Bonchev–Trinajstić information content (AvgIpc) is 2.21. The monoisotopic (exact) mass is 252 g/mol. The highest BCUT2D eigenvalue weighted by molar-refractivity contribution is 5.29. The van der Waals surface area contributed by atoms with Gasteiger partial charge >= 0.3 is 11.9 Å². The van der Waals surface area contributed by atoms with Gasteiger partial charge in [-0.2, -0.15) is 13.2 Å². The van der Waals surface area contributed by atoms with Gasteiger partial charge in [-0.25, -0.2) is 9.48 Å². The van der Waals surface area contributed by atoms with Gasteiger partial charge in [0.1, 0.15) is 0 Å². The number of nitrogens with zero attached hydrogens (tertiary/aromatic N) is 3. The number of alkyl halides is 3. The summed E-state index contributed by atoms with van der Waals surface area (Å²) >= 11 is 0. The number of nitrogens with one attached hydrogen (secondary N) is 1. The first-order valence-electron chi connectivity index (χ1n) is 4.67. The summed E-state index contributed by atoms with van der Waals surface area (Å²) in [5, 5.41) is 5.80. The summed E-state index contributed by atoms with van der Waals surface area (Å²) in [5.41, 5.74) is -1.40. The van der Waals surface area contributed by atoms with Crippen LogP contribution < -0.4 is 16.6 Å². The van der Waals surface area contributed by atoms with Crippen molar-refractivity contribution < 1.29 is 13.2 Å². The molecule has 1 rings (SSSR count). The first-order valence-corrected chi connectivity index (χ1v) is 4.67. The van der Waals surface area contributed by atoms with Gasteiger partial charge < -0.3 is 5.32 Å². The minimum Gasteiger partial charge on any atom is -0.364 e. The van der Waals surface area contributed by atoms with Crippen LogP contribution in [0.25, 0.3) is 0 Å². The molecule has 96 valence electrons. The molecule has 0 amide bonds. The van der Waals surface area contributed by atoms with Gasteiger partial charge in [-0.05, 0) is 0 Å². The van der Waals surface area contributed by atoms with Gasteiger partial charge in [0.05, 0.1) is 6.42 Å². The fourth-order valence-corrected chi connectivity index (χ4v) is 1.13. The lowest BCUT2D eigenvalue weighted by atomic mass is 10.4. The van der Waals surface area contributed by atoms with Gasteiger partial charge in [-0.3, -0.25) is 9.36 Å². The molecule has 0 saturated carbocycles. The van der Waals surface area contributed by atoms with E-state index in [2.05, 4.69) is 10.4 Å². The van der Waals surface area contributed by atoms with Gasteiger partial charge in [0.2, 0.25) is 5.82 Å². The highest BCUT2D eigenvalue weighted by atomic mass is 19.4. The number of aromatic nitrogens is 3. The summed E-state index contributed by atoms with van der Waals surface area (Å²) in [7, 11) is 2.53. The number of rotatable bonds is 3. The Morgan fingerprint density at radius 2 is 1.88 bits per heavy atom. The molecule has 0 radical (unpaired) electrons. The lowest BCUT2D eigenvalue weighted by Crippen LogP contribution is -2.40. The Hall–Kier alpha value is -1.80. The molecule has 1 aromatic rings. The highest BCUT2D eigenvalue weighted by Gasteiger charge is 2.26. The molecule has 0 atom stereocenters. The Morgan fingerprint density at radius 1 is 1.29 bits per heavy atom. The second-order valence-electron chi connectivity index (χ2n) is 3.41. The maximum Gasteiger partial charge on any atom is 0.390 e. The van der Waals surface area contributed by atoms with Crippen LogP contribution in [0.5, 0.6) is 0 Å². The zero-order chi connectivity index (χ0) is 13.2. The van der Waals surface area contributed by atoms with E-state index in [1.807, 2.05) is 0 Å². The van der Waals surface area contributed by atoms with Crippen molar-refractivity contribution in [1.82, 2.24) is 14.3 Å². The number of anilines is 1. The number of hydrogen-bond acceptors (Lipinski definition) is 4. The lowest BCUT2D eigenvalue weighted by Gasteiger charge is -2.09. The predicted molar refractivity (Wildman–Crippen MR) is 53.9 cm³/mol. The zero-order valence-corrected chi connectivity index (χ0v) is 9.21. The Morgan fingerprint density at radius 3 is 2.41 bits per heavy atom. The van der Waals surface area contributed by atoms with E-state index in [-0.39, 0.29) is 5.82 Å². The van der Waals surface area contributed by atoms with Gasteiger partial charge in [-0.15, -0.1) is 5.10 Å². The molecule has 0 saturated heterocycles. The fraction of sp³-hybridized carbons (Fsp3) is 0.625. The zero-order valence-electron chi connectivity index (χ0n) is 9.21. The molecule has 1 heterocycles. The summed E-state index contributed by atoms with van der Waals surface area (Å²) < 4.78 is 37.3. The standard InChI is InChI=1S/C8H11F3N4O2/c1-14-6(16)5(13-15(2)7(14)17)12-4-3-8(9,10)11/h3-4H2,1-2H3,(H,12,13). The number of hydrogen-bond donors (Lipinski definition) is 1. The highest BCUT2D eigenvalue weighted by Crippen LogP contribution is 2.18. The van der Waals surface area contributed by atoms with Crippen LogP contribution >= 0.6 is 0 Å². The van der Waals surface area contributed by atoms with E-state index in [9.17, 15) is 22.8 Å². The van der Waals surface area contributed by atoms with Crippen LogP contribution in [0, 0.1) is 0 Å². The van der Waals surface area contributed by atoms with Gasteiger partial charge in [-0.1, -0.05) is 0 Å². The third-order valence-electron chi connectivity index (χ3n) is 2.02. The molecule has 0 aliphatic heterocycles. The van der Waals surface area contributed by atoms with E-state index in [0.29, 0.717) is 0 Å². The summed E-state index contributed by atoms with van der Waals surface area (Å²) in [4.78, 5) is 22.7. The molecule has 0 spiro atoms. The Balaban J connectivity index is 2.87. The minimum atomic E-state index is -4.31. The van der Waals surface area contributed by atoms with E-state index in [1.54, 1.807) is 0 Å². The molecule has 9 heteroatoms. The molecule has 0 aliphatic rings. The summed E-state index contributed by atoms with van der Waals surface area (Å²) in [6.07, 6.45) is -5.39. The molecule has 1 N–H and O–H groups in total. The largest absolute Gasteiger partial charge is 0.390 e. The molecule has 0 fully saturated rings. The van der Waals surface area contributed by atoms with Crippen molar-refractivity contribution >= 4 is 5.82 Å². The maximum absolute atomic E-state index is 11.9. The minimum absolute atomic E-state index is 0.279. The average molecular weight is 252 g/mol.